The highest BCUT2D eigenvalue weighted by Gasteiger charge is 2.06. The molecule has 2 aromatic heterocycles. The quantitative estimate of drug-likeness (QED) is 0.706. The Labute approximate surface area is 107 Å². The van der Waals surface area contributed by atoms with Gasteiger partial charge in [-0.25, -0.2) is 9.97 Å². The maximum atomic E-state index is 6.09. The molecule has 0 aliphatic rings. The fourth-order valence-corrected chi connectivity index (χ4v) is 2.58. The minimum Gasteiger partial charge on any atom is -0.324 e. The number of rotatable bonds is 2. The Bertz CT molecular complexity index is 651. The Balaban J connectivity index is 2.01. The lowest BCUT2D eigenvalue weighted by Crippen LogP contribution is -1.96. The first-order valence-electron chi connectivity index (χ1n) is 5.06. The second-order valence-electron chi connectivity index (χ2n) is 3.47. The lowest BCUT2D eigenvalue weighted by molar-refractivity contribution is 1.22. The molecule has 3 nitrogen and oxygen atoms in total. The third-order valence-corrected chi connectivity index (χ3v) is 3.40. The molecule has 3 rings (SSSR count). The molecule has 2 heterocycles. The number of aromatic nitrogens is 2. The summed E-state index contributed by atoms with van der Waals surface area (Å²) in [4.78, 5) is 9.51. The van der Waals surface area contributed by atoms with E-state index in [2.05, 4.69) is 15.3 Å². The predicted octanol–water partition coefficient (Wildman–Crippen LogP) is 4.09. The van der Waals surface area contributed by atoms with Crippen LogP contribution in [0.25, 0.3) is 10.2 Å². The maximum Gasteiger partial charge on any atom is 0.230 e. The van der Waals surface area contributed by atoms with Gasteiger partial charge in [0.2, 0.25) is 5.95 Å². The van der Waals surface area contributed by atoms with Gasteiger partial charge in [0.1, 0.15) is 9.98 Å². The van der Waals surface area contributed by atoms with Gasteiger partial charge in [0.05, 0.1) is 0 Å². The van der Waals surface area contributed by atoms with E-state index >= 15 is 0 Å². The molecule has 0 atom stereocenters. The van der Waals surface area contributed by atoms with Crippen molar-refractivity contribution in [3.63, 3.8) is 0 Å². The topological polar surface area (TPSA) is 37.8 Å². The lowest BCUT2D eigenvalue weighted by atomic mass is 10.3. The third-order valence-electron chi connectivity index (χ3n) is 2.31. The van der Waals surface area contributed by atoms with E-state index in [-0.39, 0.29) is 0 Å². The number of hydrogen-bond donors (Lipinski definition) is 1. The van der Waals surface area contributed by atoms with Gasteiger partial charge >= 0.3 is 0 Å². The number of nitrogens with one attached hydrogen (secondary N) is 1. The number of anilines is 2. The maximum absolute atomic E-state index is 6.09. The predicted molar refractivity (Wildman–Crippen MR) is 72.1 cm³/mol. The van der Waals surface area contributed by atoms with Crippen molar-refractivity contribution in [3.8, 4) is 0 Å². The summed E-state index contributed by atoms with van der Waals surface area (Å²) in [5.41, 5.74) is 0.944. The Kier molecular flexibility index (Phi) is 2.66. The van der Waals surface area contributed by atoms with Crippen LogP contribution >= 0.6 is 22.9 Å². The Morgan fingerprint density at radius 3 is 2.71 bits per heavy atom. The van der Waals surface area contributed by atoms with E-state index in [0.717, 1.165) is 15.9 Å². The Morgan fingerprint density at radius 1 is 1.06 bits per heavy atom. The smallest absolute Gasteiger partial charge is 0.230 e. The third kappa shape index (κ3) is 2.09. The van der Waals surface area contributed by atoms with Gasteiger partial charge in [0.15, 0.2) is 0 Å². The average Bonchev–Trinajstić information content (AvgIpc) is 2.79. The molecule has 0 fully saturated rings. The SMILES string of the molecule is Clc1nc(Nc2ccccc2)nc2sccc12. The molecule has 17 heavy (non-hydrogen) atoms. The minimum atomic E-state index is 0.481. The summed E-state index contributed by atoms with van der Waals surface area (Å²) >= 11 is 7.64. The van der Waals surface area contributed by atoms with Gasteiger partial charge in [-0.2, -0.15) is 0 Å². The summed E-state index contributed by atoms with van der Waals surface area (Å²) in [6.07, 6.45) is 0. The van der Waals surface area contributed by atoms with Crippen LogP contribution in [0.15, 0.2) is 41.8 Å². The van der Waals surface area contributed by atoms with Crippen LogP contribution < -0.4 is 5.32 Å². The Morgan fingerprint density at radius 2 is 1.88 bits per heavy atom. The normalized spacial score (nSPS) is 10.6. The van der Waals surface area contributed by atoms with Crippen molar-refractivity contribution in [2.24, 2.45) is 0 Å². The van der Waals surface area contributed by atoms with Gasteiger partial charge in [-0.05, 0) is 23.6 Å². The van der Waals surface area contributed by atoms with Gasteiger partial charge in [0.25, 0.3) is 0 Å². The van der Waals surface area contributed by atoms with Crippen molar-refractivity contribution in [1.82, 2.24) is 9.97 Å². The second-order valence-corrected chi connectivity index (χ2v) is 4.72. The summed E-state index contributed by atoms with van der Waals surface area (Å²) in [6.45, 7) is 0. The average molecular weight is 262 g/mol. The molecule has 0 aliphatic heterocycles. The van der Waals surface area contributed by atoms with E-state index in [1.54, 1.807) is 11.3 Å². The number of fused-ring (bicyclic) bond motifs is 1. The van der Waals surface area contributed by atoms with Crippen molar-refractivity contribution >= 4 is 44.8 Å². The molecular weight excluding hydrogens is 254 g/mol. The number of halogens is 1. The van der Waals surface area contributed by atoms with E-state index in [9.17, 15) is 0 Å². The van der Waals surface area contributed by atoms with E-state index in [1.807, 2.05) is 41.8 Å². The zero-order valence-electron chi connectivity index (χ0n) is 8.72. The molecule has 0 amide bonds. The van der Waals surface area contributed by atoms with Crippen molar-refractivity contribution < 1.29 is 0 Å². The lowest BCUT2D eigenvalue weighted by Gasteiger charge is -2.04. The van der Waals surface area contributed by atoms with Crippen molar-refractivity contribution in [2.45, 2.75) is 0 Å². The van der Waals surface area contributed by atoms with Gasteiger partial charge in [-0.15, -0.1) is 11.3 Å². The number of para-hydroxylation sites is 1. The van der Waals surface area contributed by atoms with E-state index < -0.39 is 0 Å². The minimum absolute atomic E-state index is 0.481. The van der Waals surface area contributed by atoms with Gasteiger partial charge in [0, 0.05) is 11.1 Å². The molecule has 0 radical (unpaired) electrons. The van der Waals surface area contributed by atoms with E-state index in [4.69, 9.17) is 11.6 Å². The van der Waals surface area contributed by atoms with Gasteiger partial charge in [-0.3, -0.25) is 0 Å². The molecule has 1 aromatic carbocycles. The summed E-state index contributed by atoms with van der Waals surface area (Å²) in [5.74, 6) is 0.524. The fraction of sp³-hybridized carbons (Fsp3) is 0. The monoisotopic (exact) mass is 261 g/mol. The van der Waals surface area contributed by atoms with Crippen LogP contribution in [0.5, 0.6) is 0 Å². The first kappa shape index (κ1) is 10.5. The molecule has 0 aliphatic carbocycles. The second kappa shape index (κ2) is 4.31. The molecule has 84 valence electrons. The highest BCUT2D eigenvalue weighted by atomic mass is 35.5. The van der Waals surface area contributed by atoms with Crippen LogP contribution in [-0.2, 0) is 0 Å². The zero-order chi connectivity index (χ0) is 11.7. The first-order chi connectivity index (χ1) is 8.33. The van der Waals surface area contributed by atoms with Crippen molar-refractivity contribution in [2.75, 3.05) is 5.32 Å². The van der Waals surface area contributed by atoms with Gasteiger partial charge in [-0.1, -0.05) is 29.8 Å². The van der Waals surface area contributed by atoms with Crippen LogP contribution in [0.3, 0.4) is 0 Å². The molecule has 0 bridgehead atoms. The van der Waals surface area contributed by atoms with Gasteiger partial charge < -0.3 is 5.32 Å². The standard InChI is InChI=1S/C12H8ClN3S/c13-10-9-6-7-17-11(9)16-12(15-10)14-8-4-2-1-3-5-8/h1-7H,(H,14,15,16). The van der Waals surface area contributed by atoms with Crippen LogP contribution in [0.4, 0.5) is 11.6 Å². The van der Waals surface area contributed by atoms with E-state index in [0.29, 0.717) is 11.1 Å². The van der Waals surface area contributed by atoms with Crippen molar-refractivity contribution in [1.29, 1.82) is 0 Å². The number of nitrogens with zero attached hydrogens (tertiary/aromatic N) is 2. The molecule has 3 aromatic rings. The fourth-order valence-electron chi connectivity index (χ4n) is 1.53. The van der Waals surface area contributed by atoms with Crippen LogP contribution in [0.2, 0.25) is 5.15 Å². The molecule has 0 spiro atoms. The summed E-state index contributed by atoms with van der Waals surface area (Å²) in [5, 5.41) is 6.46. The molecule has 5 heteroatoms. The summed E-state index contributed by atoms with van der Waals surface area (Å²) in [6, 6.07) is 11.7. The highest BCUT2D eigenvalue weighted by Crippen LogP contribution is 2.26. The van der Waals surface area contributed by atoms with Crippen molar-refractivity contribution in [3.05, 3.63) is 46.9 Å². The summed E-state index contributed by atoms with van der Waals surface area (Å²) in [7, 11) is 0. The van der Waals surface area contributed by atoms with Crippen LogP contribution in [0, 0.1) is 0 Å². The summed E-state index contributed by atoms with van der Waals surface area (Å²) < 4.78 is 0. The molecular formula is C12H8ClN3S. The van der Waals surface area contributed by atoms with Crippen LogP contribution in [-0.4, -0.2) is 9.97 Å². The molecule has 0 saturated heterocycles. The number of benzene rings is 1. The largest absolute Gasteiger partial charge is 0.324 e. The Hall–Kier alpha value is -1.65. The zero-order valence-corrected chi connectivity index (χ0v) is 10.3. The number of hydrogen-bond acceptors (Lipinski definition) is 4. The molecule has 0 unspecified atom stereocenters. The molecule has 0 saturated carbocycles. The first-order valence-corrected chi connectivity index (χ1v) is 6.31. The van der Waals surface area contributed by atoms with Crippen LogP contribution in [0.1, 0.15) is 0 Å². The highest BCUT2D eigenvalue weighted by molar-refractivity contribution is 7.16. The number of thiophene rings is 1. The molecule has 1 N–H and O–H groups in total. The van der Waals surface area contributed by atoms with E-state index in [1.165, 1.54) is 0 Å².